The van der Waals surface area contributed by atoms with Gasteiger partial charge in [-0.05, 0) is 30.2 Å². The number of aromatic nitrogens is 8. The molecule has 9 nitrogen and oxygen atoms in total. The van der Waals surface area contributed by atoms with Gasteiger partial charge in [-0.1, -0.05) is 11.3 Å². The number of imidazole rings is 2. The molecule has 0 bridgehead atoms. The highest BCUT2D eigenvalue weighted by atomic mass is 19.3. The van der Waals surface area contributed by atoms with Crippen molar-refractivity contribution in [3.63, 3.8) is 0 Å². The van der Waals surface area contributed by atoms with Crippen LogP contribution in [0.4, 0.5) is 8.78 Å². The van der Waals surface area contributed by atoms with Crippen molar-refractivity contribution in [1.82, 2.24) is 44.2 Å². The lowest BCUT2D eigenvalue weighted by Gasteiger charge is -2.35. The van der Waals surface area contributed by atoms with Crippen molar-refractivity contribution in [2.45, 2.75) is 31.9 Å². The molecule has 5 heterocycles. The molecule has 0 atom stereocenters. The lowest BCUT2D eigenvalue weighted by atomic mass is 9.81. The largest absolute Gasteiger partial charge is 0.312 e. The number of nitrogens with zero attached hydrogens (tertiary/aromatic N) is 8. The van der Waals surface area contributed by atoms with E-state index in [4.69, 9.17) is 0 Å². The fourth-order valence-corrected chi connectivity index (χ4v) is 4.42. The average Bonchev–Trinajstić information content (AvgIpc) is 3.59. The number of hydrogen-bond donors (Lipinski definition) is 1. The topological polar surface area (TPSA) is 90.8 Å². The molecule has 0 unspecified atom stereocenters. The molecule has 0 radical (unpaired) electrons. The quantitative estimate of drug-likeness (QED) is 0.370. The van der Waals surface area contributed by atoms with Crippen LogP contribution in [0.25, 0.3) is 22.6 Å². The number of nitrogens with one attached hydrogen (secondary N) is 1. The van der Waals surface area contributed by atoms with Crippen LogP contribution in [0.3, 0.4) is 0 Å². The summed E-state index contributed by atoms with van der Waals surface area (Å²) in [6.45, 7) is 1.72. The molecule has 11 heteroatoms. The zero-order valence-electron chi connectivity index (χ0n) is 18.8. The van der Waals surface area contributed by atoms with E-state index in [9.17, 15) is 8.78 Å². The summed E-state index contributed by atoms with van der Waals surface area (Å²) in [6.07, 6.45) is 14.6. The van der Waals surface area contributed by atoms with Gasteiger partial charge < -0.3 is 14.3 Å². The Morgan fingerprint density at radius 2 is 2.00 bits per heavy atom. The van der Waals surface area contributed by atoms with Crippen molar-refractivity contribution in [2.24, 2.45) is 5.92 Å². The van der Waals surface area contributed by atoms with E-state index in [1.807, 2.05) is 52.0 Å². The molecule has 1 fully saturated rings. The first-order valence-electron chi connectivity index (χ1n) is 11.4. The standard InChI is InChI=1S/C24H23F2N9/c25-24(26)6-18(7-24)9-28-8-17-1-2-23-30-20(13-34(23)12-17)14-35-15-22(31-32-35)19-5-21(11-29-10-19)33-4-3-27-16-33/h1-5,10-13,15-16,18,28H,6-9,14H2. The number of fused-ring (bicyclic) bond motifs is 1. The molecular formula is C24H23F2N9. The highest BCUT2D eigenvalue weighted by Crippen LogP contribution is 2.41. The molecule has 1 aliphatic rings. The molecule has 0 aromatic carbocycles. The predicted molar refractivity (Wildman–Crippen MR) is 124 cm³/mol. The molecule has 5 aromatic rings. The van der Waals surface area contributed by atoms with Crippen LogP contribution < -0.4 is 5.32 Å². The zero-order valence-corrected chi connectivity index (χ0v) is 18.8. The third-order valence-corrected chi connectivity index (χ3v) is 6.18. The molecule has 1 saturated carbocycles. The van der Waals surface area contributed by atoms with Gasteiger partial charge in [0.05, 0.1) is 36.6 Å². The van der Waals surface area contributed by atoms with Gasteiger partial charge in [-0.2, -0.15) is 0 Å². The van der Waals surface area contributed by atoms with Gasteiger partial charge in [0.2, 0.25) is 5.92 Å². The molecule has 6 rings (SSSR count). The van der Waals surface area contributed by atoms with Gasteiger partial charge in [0.15, 0.2) is 0 Å². The molecule has 0 spiro atoms. The molecule has 35 heavy (non-hydrogen) atoms. The zero-order chi connectivity index (χ0) is 23.8. The van der Waals surface area contributed by atoms with Crippen LogP contribution in [0.15, 0.2) is 67.9 Å². The van der Waals surface area contributed by atoms with Crippen molar-refractivity contribution in [2.75, 3.05) is 6.54 Å². The molecule has 178 valence electrons. The fourth-order valence-electron chi connectivity index (χ4n) is 4.42. The molecular weight excluding hydrogens is 452 g/mol. The van der Waals surface area contributed by atoms with Crippen LogP contribution in [0.2, 0.25) is 0 Å². The Labute approximate surface area is 199 Å². The highest BCUT2D eigenvalue weighted by Gasteiger charge is 2.44. The number of halogens is 2. The maximum atomic E-state index is 13.0. The third kappa shape index (κ3) is 4.67. The summed E-state index contributed by atoms with van der Waals surface area (Å²) < 4.78 is 31.6. The SMILES string of the molecule is FC1(F)CC(CNCc2ccc3nc(Cn4cc(-c5cncc(-n6ccnc6)c5)nn4)cn3c2)C1. The van der Waals surface area contributed by atoms with Crippen molar-refractivity contribution < 1.29 is 8.78 Å². The second kappa shape index (κ2) is 8.66. The fraction of sp³-hybridized carbons (Fsp3) is 0.292. The Hall–Kier alpha value is -3.99. The summed E-state index contributed by atoms with van der Waals surface area (Å²) in [5, 5.41) is 11.8. The van der Waals surface area contributed by atoms with Crippen LogP contribution in [0.1, 0.15) is 24.1 Å². The lowest BCUT2D eigenvalue weighted by Crippen LogP contribution is -2.40. The Bertz CT molecular complexity index is 1450. The summed E-state index contributed by atoms with van der Waals surface area (Å²) in [4.78, 5) is 13.1. The van der Waals surface area contributed by atoms with Gasteiger partial charge in [-0.3, -0.25) is 4.98 Å². The monoisotopic (exact) mass is 475 g/mol. The molecule has 0 amide bonds. The van der Waals surface area contributed by atoms with E-state index in [0.717, 1.165) is 33.8 Å². The van der Waals surface area contributed by atoms with Gasteiger partial charge >= 0.3 is 0 Å². The number of hydrogen-bond acceptors (Lipinski definition) is 6. The van der Waals surface area contributed by atoms with Gasteiger partial charge in [-0.25, -0.2) is 23.4 Å². The number of rotatable bonds is 8. The van der Waals surface area contributed by atoms with Gasteiger partial charge in [-0.15, -0.1) is 5.10 Å². The Balaban J connectivity index is 1.11. The van der Waals surface area contributed by atoms with E-state index in [0.29, 0.717) is 19.6 Å². The van der Waals surface area contributed by atoms with Crippen LogP contribution in [-0.4, -0.2) is 51.4 Å². The minimum atomic E-state index is -2.47. The van der Waals surface area contributed by atoms with Crippen molar-refractivity contribution in [3.05, 3.63) is 79.2 Å². The van der Waals surface area contributed by atoms with E-state index in [1.165, 1.54) is 0 Å². The van der Waals surface area contributed by atoms with E-state index >= 15 is 0 Å². The predicted octanol–water partition coefficient (Wildman–Crippen LogP) is 3.36. The van der Waals surface area contributed by atoms with Gasteiger partial charge in [0, 0.05) is 55.9 Å². The maximum Gasteiger partial charge on any atom is 0.248 e. The lowest BCUT2D eigenvalue weighted by molar-refractivity contribution is -0.109. The summed E-state index contributed by atoms with van der Waals surface area (Å²) in [7, 11) is 0. The summed E-state index contributed by atoms with van der Waals surface area (Å²) in [6, 6.07) is 5.94. The molecule has 1 N–H and O–H groups in total. The smallest absolute Gasteiger partial charge is 0.248 e. The van der Waals surface area contributed by atoms with E-state index < -0.39 is 5.92 Å². The normalized spacial score (nSPS) is 15.5. The maximum absolute atomic E-state index is 13.0. The second-order valence-electron chi connectivity index (χ2n) is 9.00. The van der Waals surface area contributed by atoms with Crippen molar-refractivity contribution in [1.29, 1.82) is 0 Å². The third-order valence-electron chi connectivity index (χ3n) is 6.18. The average molecular weight is 476 g/mol. The highest BCUT2D eigenvalue weighted by molar-refractivity contribution is 5.59. The molecule has 0 saturated heterocycles. The van der Waals surface area contributed by atoms with E-state index in [1.54, 1.807) is 29.6 Å². The Morgan fingerprint density at radius 1 is 1.09 bits per heavy atom. The van der Waals surface area contributed by atoms with E-state index in [2.05, 4.69) is 30.6 Å². The first-order valence-corrected chi connectivity index (χ1v) is 11.4. The van der Waals surface area contributed by atoms with Crippen LogP contribution in [-0.2, 0) is 13.1 Å². The molecule has 5 aromatic heterocycles. The summed E-state index contributed by atoms with van der Waals surface area (Å²) >= 11 is 0. The minimum Gasteiger partial charge on any atom is -0.312 e. The summed E-state index contributed by atoms with van der Waals surface area (Å²) in [5.41, 5.74) is 5.24. The molecule has 0 aliphatic heterocycles. The van der Waals surface area contributed by atoms with Crippen LogP contribution >= 0.6 is 0 Å². The Morgan fingerprint density at radius 3 is 2.83 bits per heavy atom. The first kappa shape index (κ1) is 21.5. The summed E-state index contributed by atoms with van der Waals surface area (Å²) in [5.74, 6) is -2.41. The first-order chi connectivity index (χ1) is 17.0. The second-order valence-corrected chi connectivity index (χ2v) is 9.00. The van der Waals surface area contributed by atoms with Crippen molar-refractivity contribution >= 4 is 5.65 Å². The number of pyridine rings is 2. The van der Waals surface area contributed by atoms with Crippen molar-refractivity contribution in [3.8, 4) is 16.9 Å². The van der Waals surface area contributed by atoms with Gasteiger partial charge in [0.1, 0.15) is 11.3 Å². The van der Waals surface area contributed by atoms with Crippen LogP contribution in [0, 0.1) is 5.92 Å². The Kier molecular flexibility index (Phi) is 5.33. The van der Waals surface area contributed by atoms with Crippen LogP contribution in [0.5, 0.6) is 0 Å². The molecule has 1 aliphatic carbocycles. The van der Waals surface area contributed by atoms with Gasteiger partial charge in [0.25, 0.3) is 0 Å². The minimum absolute atomic E-state index is 0.0134. The van der Waals surface area contributed by atoms with E-state index in [-0.39, 0.29) is 18.8 Å². The number of alkyl halides is 2.